The highest BCUT2D eigenvalue weighted by molar-refractivity contribution is 7.99. The van der Waals surface area contributed by atoms with E-state index in [1.165, 1.54) is 19.1 Å². The predicted octanol–water partition coefficient (Wildman–Crippen LogP) is 3.10. The zero-order valence-corrected chi connectivity index (χ0v) is 17.6. The molecule has 1 heterocycles. The summed E-state index contributed by atoms with van der Waals surface area (Å²) in [5, 5.41) is 2.58. The normalized spacial score (nSPS) is 16.1. The Hall–Kier alpha value is -2.23. The highest BCUT2D eigenvalue weighted by Gasteiger charge is 2.33. The summed E-state index contributed by atoms with van der Waals surface area (Å²) in [5.74, 6) is -1.15. The lowest BCUT2D eigenvalue weighted by Gasteiger charge is -2.33. The maximum absolute atomic E-state index is 12.9. The molecule has 0 saturated carbocycles. The standard InChI is InChI=1S/C20H25F3N2O4S/c1-3-29-19(28)14-7-9-25(10-8-14)18(27)17(24-13(2)26)12-30-16-6-4-5-15(11-16)20(21,22)23/h4-6,11,14,17H,3,7-10,12H2,1-2H3,(H,24,26). The summed E-state index contributed by atoms with van der Waals surface area (Å²) < 4.78 is 43.7. The minimum atomic E-state index is -4.45. The van der Waals surface area contributed by atoms with E-state index in [-0.39, 0.29) is 23.5 Å². The number of thioether (sulfide) groups is 1. The molecule has 6 nitrogen and oxygen atoms in total. The number of alkyl halides is 3. The molecule has 1 atom stereocenters. The van der Waals surface area contributed by atoms with Crippen LogP contribution in [0.1, 0.15) is 32.3 Å². The number of rotatable bonds is 7. The van der Waals surface area contributed by atoms with Crippen molar-refractivity contribution in [3.8, 4) is 0 Å². The number of carbonyl (C=O) groups excluding carboxylic acids is 3. The van der Waals surface area contributed by atoms with Gasteiger partial charge >= 0.3 is 12.1 Å². The van der Waals surface area contributed by atoms with Gasteiger partial charge in [-0.2, -0.15) is 13.2 Å². The number of hydrogen-bond donors (Lipinski definition) is 1. The van der Waals surface area contributed by atoms with Gasteiger partial charge in [-0.15, -0.1) is 11.8 Å². The molecule has 1 aromatic carbocycles. The van der Waals surface area contributed by atoms with Gasteiger partial charge in [0.15, 0.2) is 0 Å². The quantitative estimate of drug-likeness (QED) is 0.515. The molecule has 2 amide bonds. The highest BCUT2D eigenvalue weighted by Crippen LogP contribution is 2.32. The fourth-order valence-corrected chi connectivity index (χ4v) is 4.15. The Bertz CT molecular complexity index is 765. The third-order valence-electron chi connectivity index (χ3n) is 4.68. The molecular formula is C20H25F3N2O4S. The van der Waals surface area contributed by atoms with Crippen LogP contribution in [0.2, 0.25) is 0 Å². The number of hydrogen-bond acceptors (Lipinski definition) is 5. The minimum absolute atomic E-state index is 0.0948. The zero-order valence-electron chi connectivity index (χ0n) is 16.8. The number of ether oxygens (including phenoxy) is 1. The molecule has 1 N–H and O–H groups in total. The number of likely N-dealkylation sites (tertiary alicyclic amines) is 1. The van der Waals surface area contributed by atoms with Gasteiger partial charge in [-0.3, -0.25) is 14.4 Å². The molecule has 0 bridgehead atoms. The van der Waals surface area contributed by atoms with Gasteiger partial charge < -0.3 is 15.0 Å². The van der Waals surface area contributed by atoms with Gasteiger partial charge in [0, 0.05) is 30.7 Å². The van der Waals surface area contributed by atoms with Crippen molar-refractivity contribution in [2.24, 2.45) is 5.92 Å². The van der Waals surface area contributed by atoms with Crippen LogP contribution in [0, 0.1) is 5.92 Å². The molecule has 0 aliphatic carbocycles. The maximum Gasteiger partial charge on any atom is 0.416 e. The Morgan fingerprint density at radius 1 is 1.27 bits per heavy atom. The van der Waals surface area contributed by atoms with E-state index in [1.54, 1.807) is 11.8 Å². The second-order valence-electron chi connectivity index (χ2n) is 6.94. The Morgan fingerprint density at radius 2 is 1.93 bits per heavy atom. The molecule has 1 aliphatic rings. The van der Waals surface area contributed by atoms with Crippen LogP contribution in [0.4, 0.5) is 13.2 Å². The fourth-order valence-electron chi connectivity index (χ4n) is 3.18. The fraction of sp³-hybridized carbons (Fsp3) is 0.550. The average molecular weight is 446 g/mol. The highest BCUT2D eigenvalue weighted by atomic mass is 32.2. The first-order chi connectivity index (χ1) is 14.1. The number of carbonyl (C=O) groups is 3. The van der Waals surface area contributed by atoms with E-state index in [1.807, 2.05) is 0 Å². The summed E-state index contributed by atoms with van der Waals surface area (Å²) >= 11 is 1.07. The number of piperidine rings is 1. The predicted molar refractivity (Wildman–Crippen MR) is 106 cm³/mol. The Labute approximate surface area is 177 Å². The second-order valence-corrected chi connectivity index (χ2v) is 8.03. The van der Waals surface area contributed by atoms with Crippen molar-refractivity contribution in [3.05, 3.63) is 29.8 Å². The molecule has 30 heavy (non-hydrogen) atoms. The summed E-state index contributed by atoms with van der Waals surface area (Å²) in [6.45, 7) is 4.02. The molecule has 0 aromatic heterocycles. The van der Waals surface area contributed by atoms with Crippen LogP contribution in [-0.4, -0.2) is 54.2 Å². The van der Waals surface area contributed by atoms with Crippen molar-refractivity contribution in [2.45, 2.75) is 43.8 Å². The van der Waals surface area contributed by atoms with E-state index in [0.717, 1.165) is 23.9 Å². The number of halogens is 3. The molecule has 1 aliphatic heterocycles. The van der Waals surface area contributed by atoms with E-state index >= 15 is 0 Å². The molecule has 1 unspecified atom stereocenters. The third kappa shape index (κ3) is 6.93. The van der Waals surface area contributed by atoms with E-state index < -0.39 is 23.7 Å². The molecular weight excluding hydrogens is 421 g/mol. The maximum atomic E-state index is 12.9. The van der Waals surface area contributed by atoms with Crippen LogP contribution in [0.15, 0.2) is 29.2 Å². The summed E-state index contributed by atoms with van der Waals surface area (Å²) in [6, 6.07) is 3.96. The smallest absolute Gasteiger partial charge is 0.416 e. The van der Waals surface area contributed by atoms with E-state index in [0.29, 0.717) is 37.4 Å². The Balaban J connectivity index is 2.00. The number of esters is 1. The lowest BCUT2D eigenvalue weighted by Crippen LogP contribution is -2.52. The van der Waals surface area contributed by atoms with Crippen molar-refractivity contribution >= 4 is 29.5 Å². The van der Waals surface area contributed by atoms with Crippen molar-refractivity contribution in [1.82, 2.24) is 10.2 Å². The number of nitrogens with zero attached hydrogens (tertiary/aromatic N) is 1. The second kappa shape index (κ2) is 10.7. The Morgan fingerprint density at radius 3 is 2.50 bits per heavy atom. The molecule has 0 radical (unpaired) electrons. The van der Waals surface area contributed by atoms with Gasteiger partial charge in [-0.05, 0) is 38.0 Å². The van der Waals surface area contributed by atoms with Gasteiger partial charge in [0.1, 0.15) is 6.04 Å². The topological polar surface area (TPSA) is 75.7 Å². The van der Waals surface area contributed by atoms with Crippen molar-refractivity contribution in [1.29, 1.82) is 0 Å². The number of amides is 2. The molecule has 1 aromatic rings. The lowest BCUT2D eigenvalue weighted by molar-refractivity contribution is -0.151. The summed E-state index contributed by atoms with van der Waals surface area (Å²) in [4.78, 5) is 38.2. The van der Waals surface area contributed by atoms with Crippen LogP contribution in [-0.2, 0) is 25.3 Å². The third-order valence-corrected chi connectivity index (χ3v) is 5.77. The molecule has 0 spiro atoms. The lowest BCUT2D eigenvalue weighted by atomic mass is 9.96. The first-order valence-corrected chi connectivity index (χ1v) is 10.6. The average Bonchev–Trinajstić information content (AvgIpc) is 2.70. The Kier molecular flexibility index (Phi) is 8.57. The van der Waals surface area contributed by atoms with Gasteiger partial charge in [-0.1, -0.05) is 6.07 Å². The monoisotopic (exact) mass is 446 g/mol. The minimum Gasteiger partial charge on any atom is -0.466 e. The molecule has 1 fully saturated rings. The largest absolute Gasteiger partial charge is 0.466 e. The van der Waals surface area contributed by atoms with Gasteiger partial charge in [0.2, 0.25) is 11.8 Å². The van der Waals surface area contributed by atoms with E-state index in [2.05, 4.69) is 5.32 Å². The van der Waals surface area contributed by atoms with Gasteiger partial charge in [-0.25, -0.2) is 0 Å². The summed E-state index contributed by atoms with van der Waals surface area (Å²) in [5.41, 5.74) is -0.768. The van der Waals surface area contributed by atoms with Crippen molar-refractivity contribution in [2.75, 3.05) is 25.4 Å². The van der Waals surface area contributed by atoms with E-state index in [4.69, 9.17) is 4.74 Å². The molecule has 166 valence electrons. The van der Waals surface area contributed by atoms with Crippen LogP contribution in [0.25, 0.3) is 0 Å². The summed E-state index contributed by atoms with van der Waals surface area (Å²) in [7, 11) is 0. The van der Waals surface area contributed by atoms with Crippen LogP contribution >= 0.6 is 11.8 Å². The number of benzene rings is 1. The van der Waals surface area contributed by atoms with Gasteiger partial charge in [0.25, 0.3) is 0 Å². The molecule has 2 rings (SSSR count). The van der Waals surface area contributed by atoms with Crippen molar-refractivity contribution < 1.29 is 32.3 Å². The van der Waals surface area contributed by atoms with E-state index in [9.17, 15) is 27.6 Å². The SMILES string of the molecule is CCOC(=O)C1CCN(C(=O)C(CSc2cccc(C(F)(F)F)c2)NC(C)=O)CC1. The van der Waals surface area contributed by atoms with Crippen molar-refractivity contribution in [3.63, 3.8) is 0 Å². The first-order valence-electron chi connectivity index (χ1n) is 9.64. The molecule has 1 saturated heterocycles. The van der Waals surface area contributed by atoms with Crippen LogP contribution in [0.3, 0.4) is 0 Å². The summed E-state index contributed by atoms with van der Waals surface area (Å²) in [6.07, 6.45) is -3.51. The number of nitrogens with one attached hydrogen (secondary N) is 1. The van der Waals surface area contributed by atoms with Gasteiger partial charge in [0.05, 0.1) is 18.1 Å². The van der Waals surface area contributed by atoms with Crippen LogP contribution < -0.4 is 5.32 Å². The zero-order chi connectivity index (χ0) is 22.3. The molecule has 10 heteroatoms. The van der Waals surface area contributed by atoms with Crippen LogP contribution in [0.5, 0.6) is 0 Å². The first kappa shape index (κ1) is 24.0.